The molecular formula is C31H38ClN3O5. The maximum atomic E-state index is 12.6. The second-order valence-corrected chi connectivity index (χ2v) is 11.2. The molecule has 1 saturated heterocycles. The van der Waals surface area contributed by atoms with Crippen molar-refractivity contribution < 1.29 is 23.7 Å². The zero-order valence-electron chi connectivity index (χ0n) is 24.1. The lowest BCUT2D eigenvalue weighted by molar-refractivity contribution is 0.0204. The minimum absolute atomic E-state index is 0.227. The van der Waals surface area contributed by atoms with E-state index in [0.29, 0.717) is 41.9 Å². The number of hydrogen-bond donors (Lipinski definition) is 0. The first-order valence-corrected chi connectivity index (χ1v) is 13.7. The first-order chi connectivity index (χ1) is 19.1. The molecule has 4 rings (SSSR count). The van der Waals surface area contributed by atoms with Crippen LogP contribution in [0.5, 0.6) is 17.2 Å². The zero-order chi connectivity index (χ0) is 28.9. The molecule has 0 bridgehead atoms. The summed E-state index contributed by atoms with van der Waals surface area (Å²) in [6, 6.07) is 14.1. The minimum atomic E-state index is -0.515. The zero-order valence-corrected chi connectivity index (χ0v) is 24.8. The van der Waals surface area contributed by atoms with Gasteiger partial charge in [-0.2, -0.15) is 0 Å². The number of nitrogens with zero attached hydrogens (tertiary/aromatic N) is 3. The van der Waals surface area contributed by atoms with Gasteiger partial charge in [-0.15, -0.1) is 0 Å². The van der Waals surface area contributed by atoms with Crippen LogP contribution in [-0.4, -0.2) is 62.0 Å². The molecule has 0 spiro atoms. The van der Waals surface area contributed by atoms with E-state index < -0.39 is 5.60 Å². The second-order valence-electron chi connectivity index (χ2n) is 10.8. The monoisotopic (exact) mass is 567 g/mol. The molecule has 0 aliphatic carbocycles. The van der Waals surface area contributed by atoms with E-state index >= 15 is 0 Å². The minimum Gasteiger partial charge on any atom is -0.493 e. The van der Waals surface area contributed by atoms with E-state index in [4.69, 9.17) is 30.5 Å². The van der Waals surface area contributed by atoms with Crippen molar-refractivity contribution in [2.75, 3.05) is 39.3 Å². The van der Waals surface area contributed by atoms with Gasteiger partial charge in [-0.05, 0) is 87.2 Å². The molecule has 1 fully saturated rings. The van der Waals surface area contributed by atoms with Crippen LogP contribution in [-0.2, 0) is 11.3 Å². The highest BCUT2D eigenvalue weighted by atomic mass is 35.5. The SMILES string of the molecule is COc1cc(-c2cncc(CN(c3ccc(Cl)cc3)C3CCN(C(=O)OC(C)(C)C)CC3)c2)cc(OC)c1OC. The molecule has 9 heteroatoms. The molecule has 2 heterocycles. The Kier molecular flexibility index (Phi) is 9.30. The number of pyridine rings is 1. The number of anilines is 1. The Morgan fingerprint density at radius 2 is 1.57 bits per heavy atom. The summed E-state index contributed by atoms with van der Waals surface area (Å²) >= 11 is 6.21. The van der Waals surface area contributed by atoms with Gasteiger partial charge in [0.05, 0.1) is 21.3 Å². The topological polar surface area (TPSA) is 73.4 Å². The molecular weight excluding hydrogens is 530 g/mol. The van der Waals surface area contributed by atoms with Gasteiger partial charge in [0.25, 0.3) is 0 Å². The Morgan fingerprint density at radius 1 is 0.950 bits per heavy atom. The number of rotatable bonds is 8. The number of amides is 1. The average Bonchev–Trinajstić information content (AvgIpc) is 2.95. The number of aromatic nitrogens is 1. The lowest BCUT2D eigenvalue weighted by Crippen LogP contribution is -2.48. The third-order valence-electron chi connectivity index (χ3n) is 6.86. The van der Waals surface area contributed by atoms with Crippen molar-refractivity contribution in [2.45, 2.75) is 51.8 Å². The quantitative estimate of drug-likeness (QED) is 0.295. The maximum absolute atomic E-state index is 12.6. The van der Waals surface area contributed by atoms with E-state index in [1.165, 1.54) is 0 Å². The highest BCUT2D eigenvalue weighted by Crippen LogP contribution is 2.41. The summed E-state index contributed by atoms with van der Waals surface area (Å²) in [7, 11) is 4.80. The summed E-state index contributed by atoms with van der Waals surface area (Å²) in [6.45, 7) is 7.57. The maximum Gasteiger partial charge on any atom is 0.410 e. The van der Waals surface area contributed by atoms with Crippen molar-refractivity contribution in [2.24, 2.45) is 0 Å². The molecule has 1 aromatic heterocycles. The van der Waals surface area contributed by atoms with Gasteiger partial charge in [0.15, 0.2) is 11.5 Å². The number of benzene rings is 2. The predicted octanol–water partition coefficient (Wildman–Crippen LogP) is 6.83. The number of hydrogen-bond acceptors (Lipinski definition) is 7. The number of ether oxygens (including phenoxy) is 4. The van der Waals surface area contributed by atoms with Crippen LogP contribution in [0.4, 0.5) is 10.5 Å². The number of likely N-dealkylation sites (tertiary alicyclic amines) is 1. The Balaban J connectivity index is 1.59. The third-order valence-corrected chi connectivity index (χ3v) is 7.11. The van der Waals surface area contributed by atoms with Crippen LogP contribution in [0.2, 0.25) is 5.02 Å². The Labute approximate surface area is 241 Å². The van der Waals surface area contributed by atoms with Gasteiger partial charge in [0.2, 0.25) is 5.75 Å². The highest BCUT2D eigenvalue weighted by Gasteiger charge is 2.30. The fraction of sp³-hybridized carbons (Fsp3) is 0.419. The van der Waals surface area contributed by atoms with E-state index in [2.05, 4.69) is 16.0 Å². The molecule has 0 unspecified atom stereocenters. The number of halogens is 1. The summed E-state index contributed by atoms with van der Waals surface area (Å²) in [5.41, 5.74) is 3.45. The van der Waals surface area contributed by atoms with E-state index in [9.17, 15) is 4.79 Å². The summed E-state index contributed by atoms with van der Waals surface area (Å²) in [4.78, 5) is 21.4. The molecule has 0 atom stereocenters. The molecule has 1 aliphatic heterocycles. The second kappa shape index (κ2) is 12.7. The first kappa shape index (κ1) is 29.3. The van der Waals surface area contributed by atoms with Gasteiger partial charge in [0.1, 0.15) is 5.60 Å². The molecule has 0 saturated carbocycles. The van der Waals surface area contributed by atoms with Crippen LogP contribution >= 0.6 is 11.6 Å². The molecule has 8 nitrogen and oxygen atoms in total. The molecule has 2 aromatic carbocycles. The van der Waals surface area contributed by atoms with Gasteiger partial charge in [-0.3, -0.25) is 4.98 Å². The van der Waals surface area contributed by atoms with Crippen LogP contribution in [0.1, 0.15) is 39.2 Å². The third kappa shape index (κ3) is 7.10. The summed E-state index contributed by atoms with van der Waals surface area (Å²) in [5.74, 6) is 1.72. The van der Waals surface area contributed by atoms with Crippen molar-refractivity contribution in [3.05, 3.63) is 65.4 Å². The fourth-order valence-corrected chi connectivity index (χ4v) is 5.05. The number of methoxy groups -OCH3 is 3. The largest absolute Gasteiger partial charge is 0.493 e. The van der Waals surface area contributed by atoms with E-state index in [0.717, 1.165) is 35.2 Å². The van der Waals surface area contributed by atoms with Gasteiger partial charge >= 0.3 is 6.09 Å². The van der Waals surface area contributed by atoms with Crippen LogP contribution in [0.25, 0.3) is 11.1 Å². The number of carbonyl (C=O) groups is 1. The van der Waals surface area contributed by atoms with Gasteiger partial charge in [-0.25, -0.2) is 4.79 Å². The Bertz CT molecular complexity index is 1280. The highest BCUT2D eigenvalue weighted by molar-refractivity contribution is 6.30. The van der Waals surface area contributed by atoms with Gasteiger partial charge < -0.3 is 28.7 Å². The van der Waals surface area contributed by atoms with Crippen molar-refractivity contribution in [1.82, 2.24) is 9.88 Å². The fourth-order valence-electron chi connectivity index (χ4n) is 4.93. The normalized spacial score (nSPS) is 14.0. The predicted molar refractivity (Wildman–Crippen MR) is 158 cm³/mol. The molecule has 0 radical (unpaired) electrons. The van der Waals surface area contributed by atoms with Crippen LogP contribution in [0.3, 0.4) is 0 Å². The molecule has 1 aliphatic rings. The number of carbonyl (C=O) groups excluding carboxylic acids is 1. The van der Waals surface area contributed by atoms with Crippen LogP contribution in [0, 0.1) is 0 Å². The van der Waals surface area contributed by atoms with E-state index in [1.807, 2.05) is 69.6 Å². The lowest BCUT2D eigenvalue weighted by atomic mass is 10.0. The standard InChI is InChI=1S/C31H38ClN3O5/c1-31(2,3)40-30(36)34-13-11-26(12-14-34)35(25-9-7-24(32)8-10-25)20-21-15-23(19-33-18-21)22-16-27(37-4)29(39-6)28(17-22)38-5/h7-10,15-19,26H,11-14,20H2,1-6H3. The van der Waals surface area contributed by atoms with E-state index in [1.54, 1.807) is 26.2 Å². The van der Waals surface area contributed by atoms with Crippen molar-refractivity contribution >= 4 is 23.4 Å². The van der Waals surface area contributed by atoms with Crippen LogP contribution in [0.15, 0.2) is 54.9 Å². The molecule has 214 valence electrons. The summed E-state index contributed by atoms with van der Waals surface area (Å²) in [5, 5.41) is 0.689. The Hall–Kier alpha value is -3.65. The molecule has 3 aromatic rings. The molecule has 0 N–H and O–H groups in total. The molecule has 1 amide bonds. The van der Waals surface area contributed by atoms with Gasteiger partial charge in [-0.1, -0.05) is 11.6 Å². The first-order valence-electron chi connectivity index (χ1n) is 13.4. The average molecular weight is 568 g/mol. The lowest BCUT2D eigenvalue weighted by Gasteiger charge is -2.40. The Morgan fingerprint density at radius 3 is 2.12 bits per heavy atom. The van der Waals surface area contributed by atoms with Gasteiger partial charge in [0, 0.05) is 54.3 Å². The molecule has 40 heavy (non-hydrogen) atoms. The summed E-state index contributed by atoms with van der Waals surface area (Å²) in [6.07, 6.45) is 5.10. The van der Waals surface area contributed by atoms with Crippen molar-refractivity contribution in [3.8, 4) is 28.4 Å². The smallest absolute Gasteiger partial charge is 0.410 e. The summed E-state index contributed by atoms with van der Waals surface area (Å²) < 4.78 is 22.2. The van der Waals surface area contributed by atoms with Crippen molar-refractivity contribution in [3.63, 3.8) is 0 Å². The van der Waals surface area contributed by atoms with Crippen LogP contribution < -0.4 is 19.1 Å². The van der Waals surface area contributed by atoms with E-state index in [-0.39, 0.29) is 12.1 Å². The van der Waals surface area contributed by atoms with Crippen molar-refractivity contribution in [1.29, 1.82) is 0 Å². The number of piperidine rings is 1.